The highest BCUT2D eigenvalue weighted by Gasteiger charge is 2.15. The van der Waals surface area contributed by atoms with E-state index in [4.69, 9.17) is 9.47 Å². The number of amides is 1. The highest BCUT2D eigenvalue weighted by atomic mass is 16.6. The van der Waals surface area contributed by atoms with Crippen LogP contribution in [0, 0.1) is 0 Å². The summed E-state index contributed by atoms with van der Waals surface area (Å²) >= 11 is 0. The molecule has 0 saturated carbocycles. The van der Waals surface area contributed by atoms with Crippen molar-refractivity contribution >= 4 is 12.4 Å². The van der Waals surface area contributed by atoms with Gasteiger partial charge in [0.2, 0.25) is 0 Å². The van der Waals surface area contributed by atoms with E-state index in [1.807, 2.05) is 20.8 Å². The fourth-order valence-electron chi connectivity index (χ4n) is 1.44. The average molecular weight is 279 g/mol. The number of carbonyl (C=O) groups excluding carboxylic acids is 2. The molecule has 0 aliphatic rings. The maximum absolute atomic E-state index is 11.4. The Labute approximate surface area is 119 Å². The molecule has 1 rings (SSSR count). The summed E-state index contributed by atoms with van der Waals surface area (Å²) in [6.07, 6.45) is 1.00. The Morgan fingerprint density at radius 1 is 1.35 bits per heavy atom. The quantitative estimate of drug-likeness (QED) is 0.642. The number of ether oxygens (including phenoxy) is 2. The molecule has 0 atom stereocenters. The molecule has 5 heteroatoms. The zero-order chi connectivity index (χ0) is 15.0. The van der Waals surface area contributed by atoms with E-state index >= 15 is 0 Å². The predicted octanol–water partition coefficient (Wildman–Crippen LogP) is 2.79. The Morgan fingerprint density at radius 3 is 2.75 bits per heavy atom. The molecule has 1 aromatic rings. The second-order valence-electron chi connectivity index (χ2n) is 5.32. The molecule has 0 aliphatic carbocycles. The molecule has 0 saturated heterocycles. The van der Waals surface area contributed by atoms with Gasteiger partial charge in [-0.05, 0) is 39.3 Å². The van der Waals surface area contributed by atoms with Gasteiger partial charge in [-0.25, -0.2) is 4.79 Å². The van der Waals surface area contributed by atoms with Gasteiger partial charge in [0, 0.05) is 12.1 Å². The minimum atomic E-state index is -0.490. The van der Waals surface area contributed by atoms with Crippen molar-refractivity contribution < 1.29 is 19.1 Å². The third-order valence-corrected chi connectivity index (χ3v) is 2.25. The van der Waals surface area contributed by atoms with Gasteiger partial charge in [0.15, 0.2) is 0 Å². The zero-order valence-corrected chi connectivity index (χ0v) is 12.1. The topological polar surface area (TPSA) is 64.6 Å². The fraction of sp³-hybridized carbons (Fsp3) is 0.467. The van der Waals surface area contributed by atoms with Gasteiger partial charge in [0.1, 0.15) is 17.6 Å². The van der Waals surface area contributed by atoms with Gasteiger partial charge < -0.3 is 14.8 Å². The molecule has 0 heterocycles. The highest BCUT2D eigenvalue weighted by molar-refractivity contribution is 5.75. The molecule has 1 N–H and O–H groups in total. The van der Waals surface area contributed by atoms with Crippen molar-refractivity contribution in [2.75, 3.05) is 13.2 Å². The lowest BCUT2D eigenvalue weighted by atomic mass is 10.2. The van der Waals surface area contributed by atoms with E-state index in [9.17, 15) is 9.59 Å². The molecule has 1 aromatic carbocycles. The van der Waals surface area contributed by atoms with Gasteiger partial charge in [-0.2, -0.15) is 0 Å². The molecular formula is C15H21NO4. The van der Waals surface area contributed by atoms with E-state index in [2.05, 4.69) is 5.32 Å². The molecule has 0 radical (unpaired) electrons. The molecule has 20 heavy (non-hydrogen) atoms. The number of nitrogens with one attached hydrogen (secondary N) is 1. The molecule has 0 aliphatic heterocycles. The number of carbonyl (C=O) groups is 2. The van der Waals surface area contributed by atoms with Crippen molar-refractivity contribution in [3.63, 3.8) is 0 Å². The third kappa shape index (κ3) is 6.78. The highest BCUT2D eigenvalue weighted by Crippen LogP contribution is 2.12. The van der Waals surface area contributed by atoms with Crippen LogP contribution in [0.15, 0.2) is 24.3 Å². The number of benzene rings is 1. The summed E-state index contributed by atoms with van der Waals surface area (Å²) in [5.74, 6) is 0.645. The molecule has 1 amide bonds. The smallest absolute Gasteiger partial charge is 0.407 e. The second kappa shape index (κ2) is 7.53. The van der Waals surface area contributed by atoms with Crippen LogP contribution >= 0.6 is 0 Å². The van der Waals surface area contributed by atoms with E-state index in [-0.39, 0.29) is 0 Å². The van der Waals surface area contributed by atoms with Crippen molar-refractivity contribution in [1.82, 2.24) is 5.32 Å². The van der Waals surface area contributed by atoms with Crippen molar-refractivity contribution in [2.45, 2.75) is 32.8 Å². The van der Waals surface area contributed by atoms with Crippen LogP contribution in [0.5, 0.6) is 5.75 Å². The van der Waals surface area contributed by atoms with Crippen LogP contribution in [-0.4, -0.2) is 31.1 Å². The first-order valence-corrected chi connectivity index (χ1v) is 6.55. The lowest BCUT2D eigenvalue weighted by Crippen LogP contribution is -2.33. The van der Waals surface area contributed by atoms with Crippen LogP contribution < -0.4 is 10.1 Å². The SMILES string of the molecule is CC(C)(C)OC(=O)NCCCOc1cccc(C=O)c1. The van der Waals surface area contributed by atoms with Gasteiger partial charge in [-0.15, -0.1) is 0 Å². The average Bonchev–Trinajstić information content (AvgIpc) is 2.36. The summed E-state index contributed by atoms with van der Waals surface area (Å²) in [6.45, 7) is 6.38. The molecule has 0 unspecified atom stereocenters. The van der Waals surface area contributed by atoms with Gasteiger partial charge >= 0.3 is 6.09 Å². The summed E-state index contributed by atoms with van der Waals surface area (Å²) in [4.78, 5) is 22.0. The summed E-state index contributed by atoms with van der Waals surface area (Å²) in [7, 11) is 0. The van der Waals surface area contributed by atoms with Gasteiger partial charge in [-0.3, -0.25) is 4.79 Å². The monoisotopic (exact) mass is 279 g/mol. The molecule has 0 fully saturated rings. The van der Waals surface area contributed by atoms with Crippen molar-refractivity contribution in [3.05, 3.63) is 29.8 Å². The minimum absolute atomic E-state index is 0.430. The summed E-state index contributed by atoms with van der Waals surface area (Å²) in [6, 6.07) is 6.94. The Bertz CT molecular complexity index is 451. The second-order valence-corrected chi connectivity index (χ2v) is 5.32. The number of alkyl carbamates (subject to hydrolysis) is 1. The first kappa shape index (κ1) is 16.0. The first-order chi connectivity index (χ1) is 9.40. The normalized spacial score (nSPS) is 10.8. The fourth-order valence-corrected chi connectivity index (χ4v) is 1.44. The molecule has 0 spiro atoms. The predicted molar refractivity (Wildman–Crippen MR) is 76.2 cm³/mol. The molecular weight excluding hydrogens is 258 g/mol. The molecule has 110 valence electrons. The minimum Gasteiger partial charge on any atom is -0.494 e. The summed E-state index contributed by atoms with van der Waals surface area (Å²) in [5, 5.41) is 2.65. The Kier molecular flexibility index (Phi) is 6.03. The third-order valence-electron chi connectivity index (χ3n) is 2.25. The van der Waals surface area contributed by atoms with Crippen LogP contribution in [0.1, 0.15) is 37.6 Å². The number of rotatable bonds is 6. The molecule has 5 nitrogen and oxygen atoms in total. The van der Waals surface area contributed by atoms with E-state index in [1.54, 1.807) is 24.3 Å². The lowest BCUT2D eigenvalue weighted by Gasteiger charge is -2.19. The lowest BCUT2D eigenvalue weighted by molar-refractivity contribution is 0.0525. The van der Waals surface area contributed by atoms with E-state index < -0.39 is 11.7 Å². The summed E-state index contributed by atoms with van der Waals surface area (Å²) in [5.41, 5.74) is 0.0879. The van der Waals surface area contributed by atoms with E-state index in [0.717, 1.165) is 6.29 Å². The first-order valence-electron chi connectivity index (χ1n) is 6.55. The van der Waals surface area contributed by atoms with Crippen LogP contribution in [0.4, 0.5) is 4.79 Å². The van der Waals surface area contributed by atoms with Crippen molar-refractivity contribution in [1.29, 1.82) is 0 Å². The maximum atomic E-state index is 11.4. The number of hydrogen-bond acceptors (Lipinski definition) is 4. The maximum Gasteiger partial charge on any atom is 0.407 e. The standard InChI is InChI=1S/C15H21NO4/c1-15(2,3)20-14(18)16-8-5-9-19-13-7-4-6-12(10-13)11-17/h4,6-7,10-11H,5,8-9H2,1-3H3,(H,16,18). The molecule has 0 bridgehead atoms. The van der Waals surface area contributed by atoms with Gasteiger partial charge in [-0.1, -0.05) is 12.1 Å². The Morgan fingerprint density at radius 2 is 2.10 bits per heavy atom. The summed E-state index contributed by atoms with van der Waals surface area (Å²) < 4.78 is 10.6. The zero-order valence-electron chi connectivity index (χ0n) is 12.1. The Balaban J connectivity index is 2.19. The van der Waals surface area contributed by atoms with Crippen LogP contribution in [-0.2, 0) is 4.74 Å². The van der Waals surface area contributed by atoms with Crippen molar-refractivity contribution in [3.8, 4) is 5.75 Å². The van der Waals surface area contributed by atoms with Gasteiger partial charge in [0.25, 0.3) is 0 Å². The van der Waals surface area contributed by atoms with Crippen LogP contribution in [0.3, 0.4) is 0 Å². The number of hydrogen-bond donors (Lipinski definition) is 1. The largest absolute Gasteiger partial charge is 0.494 e. The molecule has 0 aromatic heterocycles. The van der Waals surface area contributed by atoms with Crippen LogP contribution in [0.25, 0.3) is 0 Å². The van der Waals surface area contributed by atoms with E-state index in [1.165, 1.54) is 0 Å². The Hall–Kier alpha value is -2.04. The van der Waals surface area contributed by atoms with Crippen molar-refractivity contribution in [2.24, 2.45) is 0 Å². The van der Waals surface area contributed by atoms with Crippen LogP contribution in [0.2, 0.25) is 0 Å². The van der Waals surface area contributed by atoms with Gasteiger partial charge in [0.05, 0.1) is 6.61 Å². The van der Waals surface area contributed by atoms with E-state index in [0.29, 0.717) is 30.9 Å². The number of aldehydes is 1.